The van der Waals surface area contributed by atoms with Gasteiger partial charge in [-0.2, -0.15) is 0 Å². The Balaban J connectivity index is 1.89. The van der Waals surface area contributed by atoms with Crippen LogP contribution in [0.4, 0.5) is 0 Å². The lowest BCUT2D eigenvalue weighted by Crippen LogP contribution is -2.39. The molecule has 0 saturated heterocycles. The largest absolute Gasteiger partial charge is 0.463 e. The summed E-state index contributed by atoms with van der Waals surface area (Å²) in [4.78, 5) is 31.5. The van der Waals surface area contributed by atoms with Crippen molar-refractivity contribution in [3.05, 3.63) is 102 Å². The minimum absolute atomic E-state index is 0.162. The highest BCUT2D eigenvalue weighted by Gasteiger charge is 2.33. The maximum atomic E-state index is 13.5. The van der Waals surface area contributed by atoms with Crippen LogP contribution in [-0.4, -0.2) is 17.1 Å². The van der Waals surface area contributed by atoms with Crippen LogP contribution >= 0.6 is 11.3 Å². The first kappa shape index (κ1) is 22.0. The fourth-order valence-electron chi connectivity index (χ4n) is 3.87. The van der Waals surface area contributed by atoms with Crippen LogP contribution in [0.15, 0.2) is 75.7 Å². The first-order valence-corrected chi connectivity index (χ1v) is 11.6. The average molecular weight is 447 g/mol. The van der Waals surface area contributed by atoms with Crippen molar-refractivity contribution >= 4 is 23.4 Å². The van der Waals surface area contributed by atoms with Crippen LogP contribution in [0.5, 0.6) is 0 Å². The molecule has 6 heteroatoms. The maximum Gasteiger partial charge on any atom is 0.338 e. The Kier molecular flexibility index (Phi) is 6.24. The smallest absolute Gasteiger partial charge is 0.338 e. The molecule has 0 amide bonds. The number of aromatic nitrogens is 1. The molecule has 5 nitrogen and oxygen atoms in total. The highest BCUT2D eigenvalue weighted by atomic mass is 32.1. The molecular formula is C26H26N2O3S. The van der Waals surface area contributed by atoms with Crippen molar-refractivity contribution in [1.29, 1.82) is 0 Å². The molecule has 0 saturated carbocycles. The number of hydrogen-bond donors (Lipinski definition) is 0. The van der Waals surface area contributed by atoms with E-state index in [-0.39, 0.29) is 12.2 Å². The van der Waals surface area contributed by atoms with Gasteiger partial charge in [-0.3, -0.25) is 9.36 Å². The molecule has 2 heterocycles. The van der Waals surface area contributed by atoms with E-state index in [1.54, 1.807) is 18.4 Å². The first-order chi connectivity index (χ1) is 15.4. The summed E-state index contributed by atoms with van der Waals surface area (Å²) in [5, 5.41) is 0. The van der Waals surface area contributed by atoms with Gasteiger partial charge >= 0.3 is 5.97 Å². The monoisotopic (exact) mass is 446 g/mol. The zero-order valence-electron chi connectivity index (χ0n) is 18.7. The van der Waals surface area contributed by atoms with Gasteiger partial charge in [0, 0.05) is 0 Å². The number of esters is 1. The van der Waals surface area contributed by atoms with Crippen LogP contribution in [0.1, 0.15) is 56.3 Å². The lowest BCUT2D eigenvalue weighted by Gasteiger charge is -2.24. The zero-order valence-corrected chi connectivity index (χ0v) is 19.5. The molecule has 3 aromatic rings. The van der Waals surface area contributed by atoms with E-state index in [0.29, 0.717) is 26.5 Å². The number of hydrogen-bond acceptors (Lipinski definition) is 5. The molecule has 1 atom stereocenters. The van der Waals surface area contributed by atoms with Gasteiger partial charge in [0.2, 0.25) is 0 Å². The third-order valence-electron chi connectivity index (χ3n) is 5.53. The van der Waals surface area contributed by atoms with Gasteiger partial charge in [-0.1, -0.05) is 79.8 Å². The van der Waals surface area contributed by atoms with Crippen molar-refractivity contribution in [2.24, 2.45) is 4.99 Å². The number of ether oxygens (including phenoxy) is 1. The van der Waals surface area contributed by atoms with Gasteiger partial charge < -0.3 is 4.74 Å². The number of thiazole rings is 1. The summed E-state index contributed by atoms with van der Waals surface area (Å²) in [7, 11) is 0. The van der Waals surface area contributed by atoms with E-state index < -0.39 is 12.0 Å². The Hall–Kier alpha value is -3.25. The quantitative estimate of drug-likeness (QED) is 0.558. The van der Waals surface area contributed by atoms with Crippen LogP contribution in [0.25, 0.3) is 6.08 Å². The molecule has 0 unspecified atom stereocenters. The molecular weight excluding hydrogens is 420 g/mol. The summed E-state index contributed by atoms with van der Waals surface area (Å²) in [5.41, 5.74) is 3.87. The molecule has 0 radical (unpaired) electrons. The van der Waals surface area contributed by atoms with Crippen molar-refractivity contribution in [3.63, 3.8) is 0 Å². The standard InChI is InChI=1S/C26H26N2O3S/c1-5-31-25(30)22-17(4)27-26-28(23(22)20-9-7-6-8-10-20)24(29)21(32-26)15-18-11-13-19(14-12-18)16(2)3/h6-16,23H,5H2,1-4H3/b21-15-/t23-/m0/s1. The second-order valence-electron chi connectivity index (χ2n) is 8.03. The van der Waals surface area contributed by atoms with Crippen LogP contribution in [0, 0.1) is 0 Å². The highest BCUT2D eigenvalue weighted by molar-refractivity contribution is 7.07. The van der Waals surface area contributed by atoms with Gasteiger partial charge in [0.15, 0.2) is 4.80 Å². The summed E-state index contributed by atoms with van der Waals surface area (Å²) in [6.45, 7) is 8.13. The lowest BCUT2D eigenvalue weighted by atomic mass is 9.96. The van der Waals surface area contributed by atoms with E-state index in [1.807, 2.05) is 48.5 Å². The summed E-state index contributed by atoms with van der Waals surface area (Å²) in [6.07, 6.45) is 1.89. The number of carbonyl (C=O) groups is 1. The summed E-state index contributed by atoms with van der Waals surface area (Å²) < 4.78 is 7.52. The second kappa shape index (κ2) is 9.09. The predicted molar refractivity (Wildman–Crippen MR) is 127 cm³/mol. The van der Waals surface area contributed by atoms with Gasteiger partial charge in [-0.05, 0) is 42.5 Å². The minimum Gasteiger partial charge on any atom is -0.463 e. The number of rotatable bonds is 5. The number of allylic oxidation sites excluding steroid dienone is 1. The molecule has 0 fully saturated rings. The third kappa shape index (κ3) is 4.10. The molecule has 0 N–H and O–H groups in total. The fourth-order valence-corrected chi connectivity index (χ4v) is 4.92. The van der Waals surface area contributed by atoms with Crippen molar-refractivity contribution in [1.82, 2.24) is 4.57 Å². The highest BCUT2D eigenvalue weighted by Crippen LogP contribution is 2.30. The van der Waals surface area contributed by atoms with Crippen molar-refractivity contribution in [3.8, 4) is 0 Å². The number of benzene rings is 2. The van der Waals surface area contributed by atoms with Gasteiger partial charge in [-0.25, -0.2) is 9.79 Å². The predicted octanol–water partition coefficient (Wildman–Crippen LogP) is 3.92. The van der Waals surface area contributed by atoms with Gasteiger partial charge in [0.05, 0.1) is 28.5 Å². The fraction of sp³-hybridized carbons (Fsp3) is 0.269. The Bertz CT molecular complexity index is 1350. The van der Waals surface area contributed by atoms with Gasteiger partial charge in [0.25, 0.3) is 5.56 Å². The molecule has 1 aliphatic rings. The molecule has 0 bridgehead atoms. The van der Waals surface area contributed by atoms with Crippen LogP contribution < -0.4 is 14.9 Å². The van der Waals surface area contributed by atoms with Crippen LogP contribution in [0.2, 0.25) is 0 Å². The van der Waals surface area contributed by atoms with E-state index in [1.165, 1.54) is 16.9 Å². The summed E-state index contributed by atoms with van der Waals surface area (Å²) in [6, 6.07) is 17.2. The van der Waals surface area contributed by atoms with E-state index in [4.69, 9.17) is 4.74 Å². The van der Waals surface area contributed by atoms with E-state index in [2.05, 4.69) is 31.0 Å². The number of nitrogens with zero attached hydrogens (tertiary/aromatic N) is 2. The van der Waals surface area contributed by atoms with Crippen molar-refractivity contribution < 1.29 is 9.53 Å². The van der Waals surface area contributed by atoms with E-state index >= 15 is 0 Å². The molecule has 0 aliphatic carbocycles. The maximum absolute atomic E-state index is 13.5. The number of carbonyl (C=O) groups excluding carboxylic acids is 1. The second-order valence-corrected chi connectivity index (χ2v) is 9.04. The summed E-state index contributed by atoms with van der Waals surface area (Å²) in [5.74, 6) is 0.00524. The SMILES string of the molecule is CCOC(=O)C1=C(C)N=c2s/c(=C\c3ccc(C(C)C)cc3)c(=O)n2[C@H]1c1ccccc1. The number of fused-ring (bicyclic) bond motifs is 1. The topological polar surface area (TPSA) is 60.7 Å². The minimum atomic E-state index is -0.572. The van der Waals surface area contributed by atoms with Crippen molar-refractivity contribution in [2.45, 2.75) is 39.7 Å². The van der Waals surface area contributed by atoms with Crippen molar-refractivity contribution in [2.75, 3.05) is 6.61 Å². The Morgan fingerprint density at radius 2 is 1.84 bits per heavy atom. The molecule has 2 aromatic carbocycles. The first-order valence-electron chi connectivity index (χ1n) is 10.7. The van der Waals surface area contributed by atoms with Gasteiger partial charge in [0.1, 0.15) is 0 Å². The molecule has 32 heavy (non-hydrogen) atoms. The summed E-state index contributed by atoms with van der Waals surface area (Å²) >= 11 is 1.34. The van der Waals surface area contributed by atoms with Crippen LogP contribution in [-0.2, 0) is 9.53 Å². The molecule has 164 valence electrons. The average Bonchev–Trinajstić information content (AvgIpc) is 3.08. The third-order valence-corrected chi connectivity index (χ3v) is 6.52. The lowest BCUT2D eigenvalue weighted by molar-refractivity contribution is -0.139. The normalized spacial score (nSPS) is 16.2. The molecule has 1 aliphatic heterocycles. The molecule has 4 rings (SSSR count). The van der Waals surface area contributed by atoms with E-state index in [0.717, 1.165) is 11.1 Å². The Morgan fingerprint density at radius 1 is 1.16 bits per heavy atom. The molecule has 1 aromatic heterocycles. The Labute approximate surface area is 191 Å². The Morgan fingerprint density at radius 3 is 2.47 bits per heavy atom. The van der Waals surface area contributed by atoms with Crippen LogP contribution in [0.3, 0.4) is 0 Å². The zero-order chi connectivity index (χ0) is 22.8. The van der Waals surface area contributed by atoms with E-state index in [9.17, 15) is 9.59 Å². The van der Waals surface area contributed by atoms with Gasteiger partial charge in [-0.15, -0.1) is 0 Å². The molecule has 0 spiro atoms.